The first-order chi connectivity index (χ1) is 8.17. The van der Waals surface area contributed by atoms with Gasteiger partial charge in [-0.2, -0.15) is 4.98 Å². The number of aliphatic carboxylic acids is 1. The zero-order chi connectivity index (χ0) is 12.7. The van der Waals surface area contributed by atoms with E-state index in [0.29, 0.717) is 24.8 Å². The molecule has 1 heterocycles. The van der Waals surface area contributed by atoms with E-state index in [-0.39, 0.29) is 6.54 Å². The van der Waals surface area contributed by atoms with Crippen molar-refractivity contribution in [2.75, 3.05) is 24.6 Å². The van der Waals surface area contributed by atoms with Crippen molar-refractivity contribution in [3.63, 3.8) is 0 Å². The first-order valence-corrected chi connectivity index (χ1v) is 5.59. The molecule has 1 N–H and O–H groups in total. The van der Waals surface area contributed by atoms with Crippen LogP contribution in [0.4, 0.5) is 5.82 Å². The molecule has 6 nitrogen and oxygen atoms in total. The highest BCUT2D eigenvalue weighted by Crippen LogP contribution is 2.14. The van der Waals surface area contributed by atoms with Gasteiger partial charge in [-0.1, -0.05) is 6.92 Å². The van der Waals surface area contributed by atoms with E-state index in [0.717, 1.165) is 6.42 Å². The van der Waals surface area contributed by atoms with E-state index in [2.05, 4.69) is 9.97 Å². The zero-order valence-corrected chi connectivity index (χ0v) is 10.1. The number of aromatic nitrogens is 2. The Balaban J connectivity index is 2.84. The SMILES string of the molecule is CCCN(CC(=O)O)c1cncc(OCC)n1. The van der Waals surface area contributed by atoms with Crippen LogP contribution in [-0.4, -0.2) is 40.7 Å². The van der Waals surface area contributed by atoms with Crippen LogP contribution in [0.15, 0.2) is 12.4 Å². The van der Waals surface area contributed by atoms with Crippen molar-refractivity contribution in [1.82, 2.24) is 9.97 Å². The molecule has 0 bridgehead atoms. The quantitative estimate of drug-likeness (QED) is 0.770. The summed E-state index contributed by atoms with van der Waals surface area (Å²) >= 11 is 0. The van der Waals surface area contributed by atoms with E-state index >= 15 is 0 Å². The van der Waals surface area contributed by atoms with E-state index in [1.807, 2.05) is 13.8 Å². The fourth-order valence-corrected chi connectivity index (χ4v) is 1.42. The van der Waals surface area contributed by atoms with Gasteiger partial charge < -0.3 is 14.7 Å². The molecule has 0 spiro atoms. The van der Waals surface area contributed by atoms with Crippen molar-refractivity contribution in [3.05, 3.63) is 12.4 Å². The molecule has 0 saturated heterocycles. The average molecular weight is 239 g/mol. The van der Waals surface area contributed by atoms with E-state index < -0.39 is 5.97 Å². The highest BCUT2D eigenvalue weighted by molar-refractivity contribution is 5.73. The Hall–Kier alpha value is -1.85. The molecule has 6 heteroatoms. The van der Waals surface area contributed by atoms with Crippen LogP contribution in [0.3, 0.4) is 0 Å². The predicted molar refractivity (Wildman–Crippen MR) is 63.3 cm³/mol. The number of hydrogen-bond donors (Lipinski definition) is 1. The minimum absolute atomic E-state index is 0.0852. The summed E-state index contributed by atoms with van der Waals surface area (Å²) in [6.45, 7) is 4.88. The number of anilines is 1. The lowest BCUT2D eigenvalue weighted by molar-refractivity contribution is -0.135. The van der Waals surface area contributed by atoms with Gasteiger partial charge >= 0.3 is 5.97 Å². The molecule has 0 radical (unpaired) electrons. The lowest BCUT2D eigenvalue weighted by Gasteiger charge is -2.20. The van der Waals surface area contributed by atoms with Crippen molar-refractivity contribution in [3.8, 4) is 5.88 Å². The minimum atomic E-state index is -0.887. The standard InChI is InChI=1S/C11H17N3O3/c1-3-5-14(8-11(15)16)9-6-12-7-10(13-9)17-4-2/h6-7H,3-5,8H2,1-2H3,(H,15,16). The maximum Gasteiger partial charge on any atom is 0.323 e. The highest BCUT2D eigenvalue weighted by atomic mass is 16.5. The molecule has 17 heavy (non-hydrogen) atoms. The zero-order valence-electron chi connectivity index (χ0n) is 10.1. The maximum absolute atomic E-state index is 10.7. The van der Waals surface area contributed by atoms with Gasteiger partial charge in [-0.15, -0.1) is 0 Å². The van der Waals surface area contributed by atoms with Crippen LogP contribution >= 0.6 is 0 Å². The molecular formula is C11H17N3O3. The largest absolute Gasteiger partial charge is 0.480 e. The van der Waals surface area contributed by atoms with Gasteiger partial charge in [0.1, 0.15) is 6.54 Å². The van der Waals surface area contributed by atoms with Crippen LogP contribution in [0, 0.1) is 0 Å². The van der Waals surface area contributed by atoms with Gasteiger partial charge in [-0.3, -0.25) is 9.78 Å². The Bertz CT molecular complexity index is 371. The first-order valence-electron chi connectivity index (χ1n) is 5.59. The van der Waals surface area contributed by atoms with Gasteiger partial charge in [0.2, 0.25) is 5.88 Å². The Kier molecular flexibility index (Phi) is 5.19. The van der Waals surface area contributed by atoms with Gasteiger partial charge in [-0.05, 0) is 13.3 Å². The molecule has 94 valence electrons. The topological polar surface area (TPSA) is 75.6 Å². The molecule has 0 aromatic carbocycles. The molecule has 0 atom stereocenters. The van der Waals surface area contributed by atoms with E-state index in [9.17, 15) is 4.79 Å². The van der Waals surface area contributed by atoms with Gasteiger partial charge in [0.25, 0.3) is 0 Å². The molecule has 0 unspecified atom stereocenters. The van der Waals surface area contributed by atoms with Crippen molar-refractivity contribution in [2.24, 2.45) is 0 Å². The highest BCUT2D eigenvalue weighted by Gasteiger charge is 2.12. The van der Waals surface area contributed by atoms with Crippen molar-refractivity contribution >= 4 is 11.8 Å². The summed E-state index contributed by atoms with van der Waals surface area (Å²) in [5.74, 6) is 0.0544. The third kappa shape index (κ3) is 4.26. The first kappa shape index (κ1) is 13.2. The fraction of sp³-hybridized carbons (Fsp3) is 0.545. The van der Waals surface area contributed by atoms with Gasteiger partial charge in [0.15, 0.2) is 5.82 Å². The number of carboxylic acid groups (broad SMARTS) is 1. The summed E-state index contributed by atoms with van der Waals surface area (Å²) in [6, 6.07) is 0. The lowest BCUT2D eigenvalue weighted by Crippen LogP contribution is -2.31. The third-order valence-corrected chi connectivity index (χ3v) is 2.04. The van der Waals surface area contributed by atoms with Crippen LogP contribution in [0.2, 0.25) is 0 Å². The van der Waals surface area contributed by atoms with Gasteiger partial charge in [0, 0.05) is 6.54 Å². The summed E-state index contributed by atoms with van der Waals surface area (Å²) in [4.78, 5) is 20.6. The summed E-state index contributed by atoms with van der Waals surface area (Å²) in [7, 11) is 0. The summed E-state index contributed by atoms with van der Waals surface area (Å²) < 4.78 is 5.23. The average Bonchev–Trinajstić information content (AvgIpc) is 2.29. The number of rotatable bonds is 7. The summed E-state index contributed by atoms with van der Waals surface area (Å²) in [6.07, 6.45) is 3.90. The van der Waals surface area contributed by atoms with Crippen molar-refractivity contribution < 1.29 is 14.6 Å². The smallest absolute Gasteiger partial charge is 0.323 e. The molecule has 0 amide bonds. The number of ether oxygens (including phenoxy) is 1. The Labute approximate surface area is 100 Å². The van der Waals surface area contributed by atoms with Crippen LogP contribution in [0.5, 0.6) is 5.88 Å². The van der Waals surface area contributed by atoms with Crippen LogP contribution in [0.1, 0.15) is 20.3 Å². The third-order valence-electron chi connectivity index (χ3n) is 2.04. The van der Waals surface area contributed by atoms with Crippen molar-refractivity contribution in [1.29, 1.82) is 0 Å². The lowest BCUT2D eigenvalue weighted by atomic mass is 10.4. The monoisotopic (exact) mass is 239 g/mol. The molecule has 1 rings (SSSR count). The molecule has 1 aromatic rings. The van der Waals surface area contributed by atoms with Crippen molar-refractivity contribution in [2.45, 2.75) is 20.3 Å². The maximum atomic E-state index is 10.7. The molecule has 0 saturated carbocycles. The Morgan fingerprint density at radius 2 is 2.24 bits per heavy atom. The van der Waals surface area contributed by atoms with E-state index in [1.54, 1.807) is 11.1 Å². The van der Waals surface area contributed by atoms with Crippen LogP contribution < -0.4 is 9.64 Å². The second-order valence-corrected chi connectivity index (χ2v) is 3.46. The fourth-order valence-electron chi connectivity index (χ4n) is 1.42. The molecule has 1 aromatic heterocycles. The number of carbonyl (C=O) groups is 1. The number of carboxylic acids is 1. The second kappa shape index (κ2) is 6.67. The molecule has 0 aliphatic rings. The number of nitrogens with zero attached hydrogens (tertiary/aromatic N) is 3. The van der Waals surface area contributed by atoms with E-state index in [4.69, 9.17) is 9.84 Å². The molecule has 0 fully saturated rings. The Morgan fingerprint density at radius 3 is 2.82 bits per heavy atom. The summed E-state index contributed by atoms with van der Waals surface area (Å²) in [5.41, 5.74) is 0. The minimum Gasteiger partial charge on any atom is -0.480 e. The van der Waals surface area contributed by atoms with Gasteiger partial charge in [-0.25, -0.2) is 0 Å². The molecular weight excluding hydrogens is 222 g/mol. The van der Waals surface area contributed by atoms with E-state index in [1.165, 1.54) is 6.20 Å². The normalized spacial score (nSPS) is 10.0. The molecule has 0 aliphatic carbocycles. The second-order valence-electron chi connectivity index (χ2n) is 3.46. The predicted octanol–water partition coefficient (Wildman–Crippen LogP) is 1.18. The van der Waals surface area contributed by atoms with Crippen LogP contribution in [0.25, 0.3) is 0 Å². The number of hydrogen-bond acceptors (Lipinski definition) is 5. The Morgan fingerprint density at radius 1 is 1.47 bits per heavy atom. The summed E-state index contributed by atoms with van der Waals surface area (Å²) in [5, 5.41) is 8.82. The molecule has 0 aliphatic heterocycles. The van der Waals surface area contributed by atoms with Gasteiger partial charge in [0.05, 0.1) is 19.0 Å². The van der Waals surface area contributed by atoms with Crippen LogP contribution in [-0.2, 0) is 4.79 Å².